The molecule has 0 aromatic heterocycles. The average Bonchev–Trinajstić information content (AvgIpc) is 3.03. The molecule has 8 heteroatoms. The minimum absolute atomic E-state index is 0.147. The molecule has 1 fully saturated rings. The van der Waals surface area contributed by atoms with Crippen LogP contribution in [0.2, 0.25) is 5.02 Å². The lowest BCUT2D eigenvalue weighted by molar-refractivity contribution is -0.115. The molecule has 1 aliphatic rings. The van der Waals surface area contributed by atoms with E-state index >= 15 is 0 Å². The summed E-state index contributed by atoms with van der Waals surface area (Å²) < 4.78 is 11.8. The topological polar surface area (TPSA) is 59.9 Å². The molecule has 5 nitrogen and oxygen atoms in total. The second kappa shape index (κ2) is 9.57. The van der Waals surface area contributed by atoms with Crippen molar-refractivity contribution in [3.05, 3.63) is 55.0 Å². The monoisotopic (exact) mass is 538 g/mol. The van der Waals surface area contributed by atoms with Crippen LogP contribution in [0.5, 0.6) is 11.5 Å². The van der Waals surface area contributed by atoms with Crippen molar-refractivity contribution >= 4 is 68.8 Å². The summed E-state index contributed by atoms with van der Waals surface area (Å²) in [4.78, 5) is 17.4. The molecule has 2 aromatic rings. The summed E-state index contributed by atoms with van der Waals surface area (Å²) in [5.74, 6) is 3.35. The van der Waals surface area contributed by atoms with Crippen molar-refractivity contribution in [1.29, 1.82) is 0 Å². The predicted molar refractivity (Wildman–Crippen MR) is 127 cm³/mol. The number of rotatable bonds is 5. The van der Waals surface area contributed by atoms with Crippen molar-refractivity contribution in [3.8, 4) is 23.8 Å². The standard InChI is InChI=1S/C21H16ClIN2O3S/c1-4-8-28-19-15(23)9-13(10-17(19)27-3)11-18-20(26)25-21(29-18)24-16-7-5-6-14(22)12(16)2/h1,5-7,9-11H,8H2,2-3H3,(H,24,25,26)/b18-11+. The third-order valence-electron chi connectivity index (χ3n) is 3.96. The number of aliphatic imine (C=N–C) groups is 1. The molecule has 0 bridgehead atoms. The summed E-state index contributed by atoms with van der Waals surface area (Å²) in [5, 5.41) is 3.92. The van der Waals surface area contributed by atoms with Crippen LogP contribution >= 0.6 is 46.0 Å². The Balaban J connectivity index is 1.89. The maximum atomic E-state index is 12.4. The third kappa shape index (κ3) is 5.07. The zero-order chi connectivity index (χ0) is 21.0. The zero-order valence-electron chi connectivity index (χ0n) is 15.6. The SMILES string of the molecule is C#CCOc1c(I)cc(/C=C2/SC(=Nc3cccc(Cl)c3C)NC2=O)cc1OC. The number of nitrogens with one attached hydrogen (secondary N) is 1. The number of nitrogens with zero attached hydrogens (tertiary/aromatic N) is 1. The molecule has 1 amide bonds. The van der Waals surface area contributed by atoms with Crippen molar-refractivity contribution in [1.82, 2.24) is 5.32 Å². The number of halogens is 2. The van der Waals surface area contributed by atoms with Crippen LogP contribution in [0.4, 0.5) is 5.69 Å². The van der Waals surface area contributed by atoms with Gasteiger partial charge in [-0.15, -0.1) is 6.42 Å². The van der Waals surface area contributed by atoms with Crippen LogP contribution in [0.3, 0.4) is 0 Å². The number of benzene rings is 2. The van der Waals surface area contributed by atoms with Gasteiger partial charge < -0.3 is 14.8 Å². The molecular formula is C21H16ClIN2O3S. The fraction of sp³-hybridized carbons (Fsp3) is 0.143. The Labute approximate surface area is 192 Å². The van der Waals surface area contributed by atoms with Crippen LogP contribution < -0.4 is 14.8 Å². The normalized spacial score (nSPS) is 16.0. The van der Waals surface area contributed by atoms with E-state index in [4.69, 9.17) is 27.5 Å². The van der Waals surface area contributed by atoms with Crippen LogP contribution in [-0.4, -0.2) is 24.8 Å². The first-order valence-electron chi connectivity index (χ1n) is 8.41. The van der Waals surface area contributed by atoms with Gasteiger partial charge in [-0.25, -0.2) is 4.99 Å². The summed E-state index contributed by atoms with van der Waals surface area (Å²) in [5.41, 5.74) is 2.38. The van der Waals surface area contributed by atoms with Gasteiger partial charge in [0, 0.05) is 5.02 Å². The second-order valence-electron chi connectivity index (χ2n) is 5.89. The molecule has 0 spiro atoms. The van der Waals surface area contributed by atoms with Crippen molar-refractivity contribution in [2.24, 2.45) is 4.99 Å². The quantitative estimate of drug-likeness (QED) is 0.324. The minimum atomic E-state index is -0.213. The number of amides is 1. The maximum Gasteiger partial charge on any atom is 0.264 e. The first-order chi connectivity index (χ1) is 13.9. The highest BCUT2D eigenvalue weighted by Gasteiger charge is 2.24. The lowest BCUT2D eigenvalue weighted by Crippen LogP contribution is -2.19. The number of terminal acetylenes is 1. The lowest BCUT2D eigenvalue weighted by atomic mass is 10.2. The Morgan fingerprint density at radius 2 is 2.21 bits per heavy atom. The summed E-state index contributed by atoms with van der Waals surface area (Å²) >= 11 is 9.56. The number of carbonyl (C=O) groups excluding carboxylic acids is 1. The number of thioether (sulfide) groups is 1. The molecule has 1 N–H and O–H groups in total. The van der Waals surface area contributed by atoms with E-state index in [0.717, 1.165) is 14.7 Å². The molecule has 0 saturated carbocycles. The smallest absolute Gasteiger partial charge is 0.264 e. The van der Waals surface area contributed by atoms with Crippen LogP contribution in [-0.2, 0) is 4.79 Å². The zero-order valence-corrected chi connectivity index (χ0v) is 19.3. The Morgan fingerprint density at radius 3 is 2.93 bits per heavy atom. The van der Waals surface area contributed by atoms with Gasteiger partial charge in [0.2, 0.25) is 0 Å². The number of amidine groups is 1. The van der Waals surface area contributed by atoms with E-state index in [1.807, 2.05) is 25.1 Å². The predicted octanol–water partition coefficient (Wildman–Crippen LogP) is 5.17. The molecule has 29 heavy (non-hydrogen) atoms. The Hall–Kier alpha value is -2.15. The minimum Gasteiger partial charge on any atom is -0.493 e. The highest BCUT2D eigenvalue weighted by molar-refractivity contribution is 14.1. The average molecular weight is 539 g/mol. The van der Waals surface area contributed by atoms with Gasteiger partial charge in [-0.1, -0.05) is 23.6 Å². The van der Waals surface area contributed by atoms with E-state index in [9.17, 15) is 4.79 Å². The summed E-state index contributed by atoms with van der Waals surface area (Å²) in [6, 6.07) is 9.17. The molecule has 0 radical (unpaired) electrons. The van der Waals surface area contributed by atoms with E-state index in [1.165, 1.54) is 11.8 Å². The number of hydrogen-bond acceptors (Lipinski definition) is 5. The number of hydrogen-bond donors (Lipinski definition) is 1. The molecule has 0 atom stereocenters. The molecule has 1 heterocycles. The summed E-state index contributed by atoms with van der Waals surface area (Å²) in [7, 11) is 1.56. The van der Waals surface area contributed by atoms with Gasteiger partial charge in [0.25, 0.3) is 5.91 Å². The number of carbonyl (C=O) groups is 1. The van der Waals surface area contributed by atoms with Gasteiger partial charge in [-0.2, -0.15) is 0 Å². The molecule has 1 aliphatic heterocycles. The molecular weight excluding hydrogens is 523 g/mol. The Morgan fingerprint density at radius 1 is 1.41 bits per heavy atom. The van der Waals surface area contributed by atoms with Gasteiger partial charge in [-0.3, -0.25) is 4.79 Å². The van der Waals surface area contributed by atoms with Gasteiger partial charge >= 0.3 is 0 Å². The molecule has 2 aromatic carbocycles. The Bertz CT molecular complexity index is 1080. The van der Waals surface area contributed by atoms with Crippen molar-refractivity contribution in [3.63, 3.8) is 0 Å². The van der Waals surface area contributed by atoms with E-state index in [1.54, 1.807) is 25.3 Å². The Kier molecular flexibility index (Phi) is 7.11. The van der Waals surface area contributed by atoms with Gasteiger partial charge in [0.05, 0.1) is 21.3 Å². The highest BCUT2D eigenvalue weighted by Crippen LogP contribution is 2.36. The van der Waals surface area contributed by atoms with Gasteiger partial charge in [0.15, 0.2) is 16.7 Å². The number of methoxy groups -OCH3 is 1. The van der Waals surface area contributed by atoms with Gasteiger partial charge in [0.1, 0.15) is 6.61 Å². The molecule has 1 saturated heterocycles. The molecule has 148 valence electrons. The maximum absolute atomic E-state index is 12.4. The lowest BCUT2D eigenvalue weighted by Gasteiger charge is -2.12. The fourth-order valence-corrected chi connectivity index (χ4v) is 4.32. The van der Waals surface area contributed by atoms with E-state index in [-0.39, 0.29) is 12.5 Å². The van der Waals surface area contributed by atoms with E-state index < -0.39 is 0 Å². The summed E-state index contributed by atoms with van der Waals surface area (Å²) in [6.45, 7) is 2.03. The van der Waals surface area contributed by atoms with Gasteiger partial charge in [-0.05, 0) is 82.7 Å². The van der Waals surface area contributed by atoms with E-state index in [0.29, 0.717) is 32.3 Å². The van der Waals surface area contributed by atoms with Crippen LogP contribution in [0.25, 0.3) is 6.08 Å². The highest BCUT2D eigenvalue weighted by atomic mass is 127. The van der Waals surface area contributed by atoms with Crippen LogP contribution in [0.1, 0.15) is 11.1 Å². The molecule has 0 aliphatic carbocycles. The molecule has 0 unspecified atom stereocenters. The second-order valence-corrected chi connectivity index (χ2v) is 8.49. The fourth-order valence-electron chi connectivity index (χ4n) is 2.54. The first kappa shape index (κ1) is 21.6. The van der Waals surface area contributed by atoms with Crippen molar-refractivity contribution in [2.45, 2.75) is 6.92 Å². The van der Waals surface area contributed by atoms with Crippen molar-refractivity contribution < 1.29 is 14.3 Å². The molecule has 3 rings (SSSR count). The first-order valence-corrected chi connectivity index (χ1v) is 10.7. The van der Waals surface area contributed by atoms with E-state index in [2.05, 4.69) is 38.8 Å². The van der Waals surface area contributed by atoms with Crippen molar-refractivity contribution in [2.75, 3.05) is 13.7 Å². The number of ether oxygens (including phenoxy) is 2. The van der Waals surface area contributed by atoms with Crippen LogP contribution in [0, 0.1) is 22.8 Å². The van der Waals surface area contributed by atoms with Crippen LogP contribution in [0.15, 0.2) is 40.2 Å². The summed E-state index contributed by atoms with van der Waals surface area (Å²) in [6.07, 6.45) is 7.05. The third-order valence-corrected chi connectivity index (χ3v) is 6.08. The largest absolute Gasteiger partial charge is 0.493 e.